The summed E-state index contributed by atoms with van der Waals surface area (Å²) < 4.78 is 6.49. The second kappa shape index (κ2) is 7.53. The number of carboxylic acid groups (broad SMARTS) is 1. The van der Waals surface area contributed by atoms with Gasteiger partial charge in [-0.3, -0.25) is 9.59 Å². The average molecular weight is 333 g/mol. The fourth-order valence-corrected chi connectivity index (χ4v) is 2.06. The summed E-state index contributed by atoms with van der Waals surface area (Å²) in [7, 11) is 1.50. The summed E-state index contributed by atoms with van der Waals surface area (Å²) in [5.74, 6) is -1.15. The van der Waals surface area contributed by atoms with Gasteiger partial charge >= 0.3 is 5.97 Å². The number of carbonyl (C=O) groups is 2. The van der Waals surface area contributed by atoms with Crippen LogP contribution in [0.5, 0.6) is 5.88 Å². The molecule has 2 heterocycles. The number of nitrogens with one attached hydrogen (secondary N) is 1. The summed E-state index contributed by atoms with van der Waals surface area (Å²) in [4.78, 5) is 23.1. The lowest BCUT2D eigenvalue weighted by Crippen LogP contribution is -2.31. The standard InChI is InChI=1S/C15H19N5O4/c1-4-11-10(14(21)16-7-9(2)15(22)23)8-17-20(11)12-5-6-13(24-3)19-18-12/h5-6,8-9H,4,7H2,1-3H3,(H,16,21)(H,22,23)/t9-/m1/s1. The maximum Gasteiger partial charge on any atom is 0.308 e. The number of hydrogen-bond acceptors (Lipinski definition) is 6. The fraction of sp³-hybridized carbons (Fsp3) is 0.400. The number of nitrogens with zero attached hydrogens (tertiary/aromatic N) is 4. The fourth-order valence-electron chi connectivity index (χ4n) is 2.06. The molecule has 2 aromatic rings. The van der Waals surface area contributed by atoms with Crippen LogP contribution in [0.25, 0.3) is 5.82 Å². The second-order valence-corrected chi connectivity index (χ2v) is 5.15. The SMILES string of the molecule is CCc1c(C(=O)NC[C@@H](C)C(=O)O)cnn1-c1ccc(OC)nn1. The van der Waals surface area contributed by atoms with Crippen molar-refractivity contribution in [3.8, 4) is 11.7 Å². The molecule has 0 spiro atoms. The number of ether oxygens (including phenoxy) is 1. The maximum atomic E-state index is 12.3. The van der Waals surface area contributed by atoms with E-state index in [9.17, 15) is 9.59 Å². The van der Waals surface area contributed by atoms with Crippen LogP contribution in [-0.2, 0) is 11.2 Å². The van der Waals surface area contributed by atoms with Crippen molar-refractivity contribution >= 4 is 11.9 Å². The summed E-state index contributed by atoms with van der Waals surface area (Å²) in [6.45, 7) is 3.46. The molecule has 2 aromatic heterocycles. The van der Waals surface area contributed by atoms with Crippen molar-refractivity contribution in [3.05, 3.63) is 29.6 Å². The highest BCUT2D eigenvalue weighted by Crippen LogP contribution is 2.15. The van der Waals surface area contributed by atoms with Crippen LogP contribution in [0, 0.1) is 5.92 Å². The number of methoxy groups -OCH3 is 1. The molecular formula is C15H19N5O4. The molecule has 0 aliphatic carbocycles. The first-order valence-electron chi connectivity index (χ1n) is 7.43. The van der Waals surface area contributed by atoms with E-state index in [2.05, 4.69) is 20.6 Å². The van der Waals surface area contributed by atoms with Crippen LogP contribution >= 0.6 is 0 Å². The number of aromatic nitrogens is 4. The van der Waals surface area contributed by atoms with Gasteiger partial charge in [0.2, 0.25) is 5.88 Å². The van der Waals surface area contributed by atoms with E-state index < -0.39 is 11.9 Å². The Morgan fingerprint density at radius 3 is 2.67 bits per heavy atom. The predicted molar refractivity (Wildman–Crippen MR) is 84.2 cm³/mol. The van der Waals surface area contributed by atoms with Crippen molar-refractivity contribution in [3.63, 3.8) is 0 Å². The van der Waals surface area contributed by atoms with Crippen LogP contribution in [0.15, 0.2) is 18.3 Å². The molecule has 9 nitrogen and oxygen atoms in total. The van der Waals surface area contributed by atoms with Gasteiger partial charge in [-0.1, -0.05) is 13.8 Å². The molecule has 0 bridgehead atoms. The number of aliphatic carboxylic acids is 1. The Kier molecular flexibility index (Phi) is 5.46. The normalized spacial score (nSPS) is 11.8. The highest BCUT2D eigenvalue weighted by atomic mass is 16.5. The van der Waals surface area contributed by atoms with Gasteiger partial charge in [-0.25, -0.2) is 4.68 Å². The van der Waals surface area contributed by atoms with Crippen LogP contribution < -0.4 is 10.1 Å². The van der Waals surface area contributed by atoms with E-state index in [-0.39, 0.29) is 12.5 Å². The molecule has 0 unspecified atom stereocenters. The lowest BCUT2D eigenvalue weighted by molar-refractivity contribution is -0.140. The molecule has 0 aliphatic rings. The lowest BCUT2D eigenvalue weighted by Gasteiger charge is -2.09. The molecule has 9 heteroatoms. The molecule has 0 saturated heterocycles. The van der Waals surface area contributed by atoms with E-state index in [1.807, 2.05) is 6.92 Å². The van der Waals surface area contributed by atoms with E-state index in [1.54, 1.807) is 12.1 Å². The van der Waals surface area contributed by atoms with Crippen LogP contribution in [0.1, 0.15) is 29.9 Å². The van der Waals surface area contributed by atoms with Crippen LogP contribution in [-0.4, -0.2) is 50.6 Å². The van der Waals surface area contributed by atoms with Crippen LogP contribution in [0.4, 0.5) is 0 Å². The van der Waals surface area contributed by atoms with E-state index in [0.717, 1.165) is 0 Å². The molecule has 128 valence electrons. The van der Waals surface area contributed by atoms with Crippen molar-refractivity contribution in [1.29, 1.82) is 0 Å². The lowest BCUT2D eigenvalue weighted by atomic mass is 10.1. The first kappa shape index (κ1) is 17.4. The minimum atomic E-state index is -0.963. The largest absolute Gasteiger partial charge is 0.481 e. The quantitative estimate of drug-likeness (QED) is 0.764. The van der Waals surface area contributed by atoms with Gasteiger partial charge in [0.25, 0.3) is 5.91 Å². The van der Waals surface area contributed by atoms with Gasteiger partial charge < -0.3 is 15.2 Å². The summed E-state index contributed by atoms with van der Waals surface area (Å²) in [6, 6.07) is 3.34. The smallest absolute Gasteiger partial charge is 0.308 e. The van der Waals surface area contributed by atoms with Gasteiger partial charge in [0.05, 0.1) is 30.5 Å². The van der Waals surface area contributed by atoms with Gasteiger partial charge in [-0.2, -0.15) is 5.10 Å². The predicted octanol–water partition coefficient (Wildman–Crippen LogP) is 0.684. The monoisotopic (exact) mass is 333 g/mol. The van der Waals surface area contributed by atoms with Crippen molar-refractivity contribution in [1.82, 2.24) is 25.3 Å². The first-order valence-corrected chi connectivity index (χ1v) is 7.43. The summed E-state index contributed by atoms with van der Waals surface area (Å²) >= 11 is 0. The Balaban J connectivity index is 2.21. The molecule has 1 amide bonds. The molecule has 0 fully saturated rings. The molecule has 0 saturated carbocycles. The van der Waals surface area contributed by atoms with Crippen LogP contribution in [0.2, 0.25) is 0 Å². The third-order valence-electron chi connectivity index (χ3n) is 3.49. The number of carboxylic acids is 1. The maximum absolute atomic E-state index is 12.3. The van der Waals surface area contributed by atoms with E-state index in [4.69, 9.17) is 9.84 Å². The first-order chi connectivity index (χ1) is 11.5. The van der Waals surface area contributed by atoms with Crippen molar-refractivity contribution in [2.24, 2.45) is 5.92 Å². The Morgan fingerprint density at radius 1 is 1.38 bits per heavy atom. The Labute approximate surface area is 138 Å². The molecule has 1 atom stereocenters. The van der Waals surface area contributed by atoms with Crippen molar-refractivity contribution in [2.45, 2.75) is 20.3 Å². The highest BCUT2D eigenvalue weighted by molar-refractivity contribution is 5.95. The average Bonchev–Trinajstić information content (AvgIpc) is 3.03. The molecule has 2 rings (SSSR count). The zero-order chi connectivity index (χ0) is 17.7. The molecule has 2 N–H and O–H groups in total. The number of hydrogen-bond donors (Lipinski definition) is 2. The number of rotatable bonds is 7. The number of amides is 1. The minimum Gasteiger partial charge on any atom is -0.481 e. The second-order valence-electron chi connectivity index (χ2n) is 5.15. The molecule has 0 aromatic carbocycles. The third kappa shape index (κ3) is 3.67. The minimum absolute atomic E-state index is 0.0465. The topological polar surface area (TPSA) is 119 Å². The Morgan fingerprint density at radius 2 is 2.12 bits per heavy atom. The summed E-state index contributed by atoms with van der Waals surface area (Å²) in [5, 5.41) is 23.6. The molecule has 24 heavy (non-hydrogen) atoms. The third-order valence-corrected chi connectivity index (χ3v) is 3.49. The van der Waals surface area contributed by atoms with Gasteiger partial charge in [0.15, 0.2) is 5.82 Å². The zero-order valence-electron chi connectivity index (χ0n) is 13.7. The summed E-state index contributed by atoms with van der Waals surface area (Å²) in [6.07, 6.45) is 1.98. The van der Waals surface area contributed by atoms with Crippen LogP contribution in [0.3, 0.4) is 0 Å². The Hall–Kier alpha value is -2.97. The molecular weight excluding hydrogens is 314 g/mol. The summed E-state index contributed by atoms with van der Waals surface area (Å²) in [5.41, 5.74) is 1.04. The number of carbonyl (C=O) groups excluding carboxylic acids is 1. The van der Waals surface area contributed by atoms with E-state index in [1.165, 1.54) is 24.9 Å². The van der Waals surface area contributed by atoms with Gasteiger partial charge in [-0.05, 0) is 12.5 Å². The van der Waals surface area contributed by atoms with E-state index in [0.29, 0.717) is 29.4 Å². The van der Waals surface area contributed by atoms with E-state index >= 15 is 0 Å². The van der Waals surface area contributed by atoms with Crippen molar-refractivity contribution < 1.29 is 19.4 Å². The highest BCUT2D eigenvalue weighted by Gasteiger charge is 2.19. The Bertz CT molecular complexity index is 726. The molecule has 0 aliphatic heterocycles. The van der Waals surface area contributed by atoms with Gasteiger partial charge in [0, 0.05) is 12.6 Å². The molecule has 0 radical (unpaired) electrons. The zero-order valence-corrected chi connectivity index (χ0v) is 13.7. The van der Waals surface area contributed by atoms with Gasteiger partial charge in [-0.15, -0.1) is 10.2 Å². The van der Waals surface area contributed by atoms with Gasteiger partial charge in [0.1, 0.15) is 0 Å². The van der Waals surface area contributed by atoms with Crippen molar-refractivity contribution in [2.75, 3.05) is 13.7 Å².